The molecule has 0 spiro atoms. The zero-order valence-corrected chi connectivity index (χ0v) is 20.5. The molecular weight excluding hydrogens is 534 g/mol. The molecule has 10 nitrogen and oxygen atoms in total. The Labute approximate surface area is 203 Å². The van der Waals surface area contributed by atoms with E-state index in [1.54, 1.807) is 18.2 Å². The smallest absolute Gasteiger partial charge is 0.263 e. The number of carbonyl (C=O) groups is 1. The van der Waals surface area contributed by atoms with Crippen LogP contribution in [0.25, 0.3) is 0 Å². The first kappa shape index (κ1) is 24.4. The second-order valence-electron chi connectivity index (χ2n) is 6.30. The Bertz CT molecular complexity index is 1290. The van der Waals surface area contributed by atoms with Gasteiger partial charge >= 0.3 is 0 Å². The Balaban J connectivity index is 1.67. The number of hydrogen-bond acceptors (Lipinski definition) is 8. The predicted molar refractivity (Wildman–Crippen MR) is 130 cm³/mol. The Morgan fingerprint density at radius 2 is 1.73 bits per heavy atom. The van der Waals surface area contributed by atoms with E-state index < -0.39 is 15.9 Å². The van der Waals surface area contributed by atoms with Gasteiger partial charge in [0.1, 0.15) is 5.75 Å². The van der Waals surface area contributed by atoms with Crippen molar-refractivity contribution < 1.29 is 22.7 Å². The summed E-state index contributed by atoms with van der Waals surface area (Å²) in [5.41, 5.74) is 0.764. The Hall–Kier alpha value is -3.29. The third-order valence-corrected chi connectivity index (χ3v) is 6.20. The molecule has 0 unspecified atom stereocenters. The first-order chi connectivity index (χ1) is 15.7. The maximum absolute atomic E-state index is 12.6. The zero-order chi connectivity index (χ0) is 24.0. The number of ether oxygens (including phenoxy) is 2. The highest BCUT2D eigenvalue weighted by Crippen LogP contribution is 2.24. The number of nitrogens with zero attached hydrogens (tertiary/aromatic N) is 2. The third kappa shape index (κ3) is 6.15. The number of rotatable bonds is 7. The summed E-state index contributed by atoms with van der Waals surface area (Å²) in [4.78, 5) is 20.4. The summed E-state index contributed by atoms with van der Waals surface area (Å²) in [6.07, 6.45) is 2.72. The number of halogens is 1. The summed E-state index contributed by atoms with van der Waals surface area (Å²) in [5, 5.41) is 5.42. The van der Waals surface area contributed by atoms with Crippen LogP contribution in [0.4, 0.5) is 11.5 Å². The first-order valence-electron chi connectivity index (χ1n) is 9.17. The molecule has 2 aromatic carbocycles. The van der Waals surface area contributed by atoms with E-state index >= 15 is 0 Å². The number of sulfonamides is 1. The largest absolute Gasteiger partial charge is 0.496 e. The molecule has 1 heterocycles. The molecule has 0 aliphatic carbocycles. The molecule has 0 aliphatic rings. The van der Waals surface area contributed by atoms with Crippen LogP contribution in [-0.2, 0) is 10.0 Å². The quantitative estimate of drug-likeness (QED) is 0.378. The van der Waals surface area contributed by atoms with Gasteiger partial charge < -0.3 is 14.8 Å². The molecule has 1 aromatic heterocycles. The summed E-state index contributed by atoms with van der Waals surface area (Å²) in [6.45, 7) is 0. The normalized spacial score (nSPS) is 10.8. The number of nitrogens with one attached hydrogen (secondary N) is 3. The molecule has 33 heavy (non-hydrogen) atoms. The SMILES string of the molecule is COc1ccc(Br)cc1C(=O)NC(=S)Nc1ccc(S(=O)(=O)Nc2nccnc2OC)cc1. The van der Waals surface area contributed by atoms with Crippen LogP contribution in [0.5, 0.6) is 11.6 Å². The van der Waals surface area contributed by atoms with Crippen LogP contribution in [-0.4, -0.2) is 43.6 Å². The van der Waals surface area contributed by atoms with Crippen molar-refractivity contribution in [2.75, 3.05) is 24.3 Å². The minimum absolute atomic E-state index is 0.0189. The number of benzene rings is 2. The fourth-order valence-corrected chi connectivity index (χ4v) is 4.22. The molecule has 0 saturated heterocycles. The van der Waals surface area contributed by atoms with E-state index in [0.29, 0.717) is 21.5 Å². The average Bonchev–Trinajstić information content (AvgIpc) is 2.79. The number of hydrogen-bond donors (Lipinski definition) is 3. The number of methoxy groups -OCH3 is 2. The summed E-state index contributed by atoms with van der Waals surface area (Å²) in [5.74, 6) is -0.0659. The van der Waals surface area contributed by atoms with Gasteiger partial charge in [-0.25, -0.2) is 18.4 Å². The van der Waals surface area contributed by atoms with Crippen molar-refractivity contribution in [3.63, 3.8) is 0 Å². The van der Waals surface area contributed by atoms with E-state index in [4.69, 9.17) is 21.7 Å². The molecule has 13 heteroatoms. The van der Waals surface area contributed by atoms with Crippen LogP contribution >= 0.6 is 28.1 Å². The molecule has 0 aliphatic heterocycles. The second-order valence-corrected chi connectivity index (χ2v) is 9.30. The monoisotopic (exact) mass is 551 g/mol. The van der Waals surface area contributed by atoms with Crippen molar-refractivity contribution in [1.29, 1.82) is 0 Å². The lowest BCUT2D eigenvalue weighted by molar-refractivity contribution is 0.0974. The van der Waals surface area contributed by atoms with Gasteiger partial charge in [0.25, 0.3) is 21.8 Å². The third-order valence-electron chi connectivity index (χ3n) is 4.14. The summed E-state index contributed by atoms with van der Waals surface area (Å²) < 4.78 is 38.5. The zero-order valence-electron chi connectivity index (χ0n) is 17.3. The molecule has 0 fully saturated rings. The van der Waals surface area contributed by atoms with Crippen molar-refractivity contribution in [3.05, 3.63) is 64.9 Å². The summed E-state index contributed by atoms with van der Waals surface area (Å²) in [7, 11) is -1.12. The van der Waals surface area contributed by atoms with Gasteiger partial charge in [0.2, 0.25) is 5.82 Å². The highest BCUT2D eigenvalue weighted by atomic mass is 79.9. The topological polar surface area (TPSA) is 132 Å². The van der Waals surface area contributed by atoms with E-state index in [9.17, 15) is 13.2 Å². The van der Waals surface area contributed by atoms with Crippen molar-refractivity contribution in [2.24, 2.45) is 0 Å². The molecule has 3 N–H and O–H groups in total. The molecule has 0 saturated carbocycles. The molecular formula is C20H18BrN5O5S2. The number of anilines is 2. The summed E-state index contributed by atoms with van der Waals surface area (Å²) >= 11 is 8.50. The number of amides is 1. The fraction of sp³-hybridized carbons (Fsp3) is 0.100. The summed E-state index contributed by atoms with van der Waals surface area (Å²) in [6, 6.07) is 10.7. The number of carbonyl (C=O) groups excluding carboxylic acids is 1. The van der Waals surface area contributed by atoms with Gasteiger partial charge in [-0.05, 0) is 54.7 Å². The standard InChI is InChI=1S/C20H18BrN5O5S2/c1-30-16-8-3-12(21)11-15(16)18(27)25-20(32)24-13-4-6-14(7-5-13)33(28,29)26-17-19(31-2)23-10-9-22-17/h3-11H,1-2H3,(H,22,26)(H2,24,25,27,32). The maximum Gasteiger partial charge on any atom is 0.263 e. The van der Waals surface area contributed by atoms with Crippen molar-refractivity contribution >= 4 is 60.7 Å². The molecule has 0 radical (unpaired) electrons. The van der Waals surface area contributed by atoms with Gasteiger partial charge in [-0.1, -0.05) is 15.9 Å². The maximum atomic E-state index is 12.6. The van der Waals surface area contributed by atoms with E-state index in [-0.39, 0.29) is 21.7 Å². The Morgan fingerprint density at radius 3 is 2.39 bits per heavy atom. The lowest BCUT2D eigenvalue weighted by atomic mass is 10.2. The van der Waals surface area contributed by atoms with Crippen LogP contribution in [0.2, 0.25) is 0 Å². The highest BCUT2D eigenvalue weighted by molar-refractivity contribution is 9.10. The minimum Gasteiger partial charge on any atom is -0.496 e. The molecule has 0 atom stereocenters. The van der Waals surface area contributed by atoms with Crippen LogP contribution in [0.15, 0.2) is 64.2 Å². The first-order valence-corrected chi connectivity index (χ1v) is 11.9. The average molecular weight is 552 g/mol. The van der Waals surface area contributed by atoms with Crippen molar-refractivity contribution in [3.8, 4) is 11.6 Å². The van der Waals surface area contributed by atoms with Gasteiger partial charge in [0.15, 0.2) is 5.11 Å². The lowest BCUT2D eigenvalue weighted by Gasteiger charge is -2.13. The minimum atomic E-state index is -3.94. The van der Waals surface area contributed by atoms with Crippen LogP contribution < -0.4 is 24.8 Å². The second kappa shape index (κ2) is 10.6. The number of aromatic nitrogens is 2. The van der Waals surface area contributed by atoms with Crippen LogP contribution in [0, 0.1) is 0 Å². The van der Waals surface area contributed by atoms with Crippen LogP contribution in [0.1, 0.15) is 10.4 Å². The van der Waals surface area contributed by atoms with E-state index in [1.807, 2.05) is 0 Å². The molecule has 3 aromatic rings. The van der Waals surface area contributed by atoms with Gasteiger partial charge in [0, 0.05) is 22.6 Å². The molecule has 1 amide bonds. The van der Waals surface area contributed by atoms with Gasteiger partial charge in [-0.15, -0.1) is 0 Å². The molecule has 0 bridgehead atoms. The van der Waals surface area contributed by atoms with Gasteiger partial charge in [0.05, 0.1) is 24.7 Å². The lowest BCUT2D eigenvalue weighted by Crippen LogP contribution is -2.34. The fourth-order valence-electron chi connectivity index (χ4n) is 2.64. The Morgan fingerprint density at radius 1 is 1.03 bits per heavy atom. The highest BCUT2D eigenvalue weighted by Gasteiger charge is 2.18. The van der Waals surface area contributed by atoms with Crippen molar-refractivity contribution in [1.82, 2.24) is 15.3 Å². The molecule has 3 rings (SSSR count). The van der Waals surface area contributed by atoms with E-state index in [2.05, 4.69) is 41.3 Å². The van der Waals surface area contributed by atoms with E-state index in [1.165, 1.54) is 50.9 Å². The Kier molecular flexibility index (Phi) is 7.79. The van der Waals surface area contributed by atoms with Gasteiger partial charge in [-0.2, -0.15) is 0 Å². The number of thiocarbonyl (C=S) groups is 1. The van der Waals surface area contributed by atoms with Crippen molar-refractivity contribution in [2.45, 2.75) is 4.90 Å². The van der Waals surface area contributed by atoms with Crippen LogP contribution in [0.3, 0.4) is 0 Å². The van der Waals surface area contributed by atoms with E-state index in [0.717, 1.165) is 0 Å². The molecule has 172 valence electrons. The van der Waals surface area contributed by atoms with Gasteiger partial charge in [-0.3, -0.25) is 14.8 Å². The predicted octanol–water partition coefficient (Wildman–Crippen LogP) is 3.18.